The Morgan fingerprint density at radius 3 is 2.94 bits per heavy atom. The molecule has 0 bridgehead atoms. The van der Waals surface area contributed by atoms with Crippen molar-refractivity contribution in [3.05, 3.63) is 23.9 Å². The summed E-state index contributed by atoms with van der Waals surface area (Å²) in [4.78, 5) is 3.26. The highest BCUT2D eigenvalue weighted by Gasteiger charge is 2.16. The van der Waals surface area contributed by atoms with Crippen LogP contribution < -0.4 is 14.8 Å². The second kappa shape index (κ2) is 3.72. The number of aromatic nitrogens is 1. The van der Waals surface area contributed by atoms with Gasteiger partial charge in [-0.25, -0.2) is 0 Å². The molecule has 1 aliphatic heterocycles. The molecule has 0 fully saturated rings. The van der Waals surface area contributed by atoms with Gasteiger partial charge in [0.2, 0.25) is 6.79 Å². The van der Waals surface area contributed by atoms with Gasteiger partial charge in [-0.2, -0.15) is 0 Å². The molecule has 2 heterocycles. The summed E-state index contributed by atoms with van der Waals surface area (Å²) < 4.78 is 10.7. The molecule has 16 heavy (non-hydrogen) atoms. The molecule has 0 amide bonds. The number of hydrogen-bond acceptors (Lipinski definition) is 3. The lowest BCUT2D eigenvalue weighted by atomic mass is 10.1. The van der Waals surface area contributed by atoms with Gasteiger partial charge in [0.25, 0.3) is 0 Å². The van der Waals surface area contributed by atoms with Crippen molar-refractivity contribution in [2.75, 3.05) is 20.4 Å². The van der Waals surface area contributed by atoms with Crippen molar-refractivity contribution in [3.63, 3.8) is 0 Å². The van der Waals surface area contributed by atoms with E-state index in [1.807, 2.05) is 13.1 Å². The normalized spacial score (nSPS) is 13.6. The van der Waals surface area contributed by atoms with E-state index < -0.39 is 0 Å². The first-order chi connectivity index (χ1) is 7.88. The van der Waals surface area contributed by atoms with Crippen molar-refractivity contribution in [2.45, 2.75) is 6.42 Å². The van der Waals surface area contributed by atoms with Gasteiger partial charge in [0.1, 0.15) is 0 Å². The maximum absolute atomic E-state index is 5.38. The average Bonchev–Trinajstić information content (AvgIpc) is 2.89. The molecular formula is C12H14N2O2. The predicted molar refractivity (Wildman–Crippen MR) is 62.1 cm³/mol. The zero-order valence-corrected chi connectivity index (χ0v) is 9.17. The minimum atomic E-state index is 0.327. The first-order valence-corrected chi connectivity index (χ1v) is 5.42. The number of nitrogens with one attached hydrogen (secondary N) is 2. The molecule has 0 radical (unpaired) electrons. The molecule has 0 aliphatic carbocycles. The predicted octanol–water partition coefficient (Wildman–Crippen LogP) is 1.66. The van der Waals surface area contributed by atoms with Gasteiger partial charge < -0.3 is 19.8 Å². The molecule has 2 N–H and O–H groups in total. The van der Waals surface area contributed by atoms with Gasteiger partial charge in [-0.15, -0.1) is 0 Å². The van der Waals surface area contributed by atoms with Crippen LogP contribution in [0.5, 0.6) is 11.5 Å². The Hall–Kier alpha value is -1.68. The third-order valence-electron chi connectivity index (χ3n) is 2.90. The number of H-pyrrole nitrogens is 1. The summed E-state index contributed by atoms with van der Waals surface area (Å²) in [5.41, 5.74) is 2.41. The minimum absolute atomic E-state index is 0.327. The zero-order chi connectivity index (χ0) is 11.0. The van der Waals surface area contributed by atoms with E-state index >= 15 is 0 Å². The molecule has 4 nitrogen and oxygen atoms in total. The highest BCUT2D eigenvalue weighted by atomic mass is 16.7. The Morgan fingerprint density at radius 2 is 2.12 bits per heavy atom. The first-order valence-electron chi connectivity index (χ1n) is 5.42. The second-order valence-corrected chi connectivity index (χ2v) is 3.92. The van der Waals surface area contributed by atoms with E-state index in [9.17, 15) is 0 Å². The Labute approximate surface area is 93.6 Å². The summed E-state index contributed by atoms with van der Waals surface area (Å²) >= 11 is 0. The standard InChI is InChI=1S/C12H14N2O2/c1-13-3-2-8-6-14-10-5-12-11(4-9(8)10)15-7-16-12/h4-6,13-14H,2-3,7H2,1H3. The number of hydrogen-bond donors (Lipinski definition) is 2. The van der Waals surface area contributed by atoms with Crippen LogP contribution in [0.3, 0.4) is 0 Å². The molecule has 0 unspecified atom stereocenters. The van der Waals surface area contributed by atoms with Crippen LogP contribution in [0.1, 0.15) is 5.56 Å². The molecule has 3 rings (SSSR count). The lowest BCUT2D eigenvalue weighted by Gasteiger charge is -2.00. The fraction of sp³-hybridized carbons (Fsp3) is 0.333. The maximum Gasteiger partial charge on any atom is 0.231 e. The van der Waals surface area contributed by atoms with Crippen molar-refractivity contribution in [2.24, 2.45) is 0 Å². The Kier molecular flexibility index (Phi) is 2.22. The van der Waals surface area contributed by atoms with Crippen LogP contribution in [0.15, 0.2) is 18.3 Å². The Morgan fingerprint density at radius 1 is 1.31 bits per heavy atom. The van der Waals surface area contributed by atoms with Gasteiger partial charge >= 0.3 is 0 Å². The fourth-order valence-electron chi connectivity index (χ4n) is 2.04. The highest BCUT2D eigenvalue weighted by Crippen LogP contribution is 2.36. The maximum atomic E-state index is 5.38. The van der Waals surface area contributed by atoms with Crippen molar-refractivity contribution >= 4 is 10.9 Å². The molecule has 4 heteroatoms. The molecule has 1 aromatic heterocycles. The van der Waals surface area contributed by atoms with E-state index in [0.29, 0.717) is 6.79 Å². The summed E-state index contributed by atoms with van der Waals surface area (Å²) in [5, 5.41) is 4.37. The summed E-state index contributed by atoms with van der Waals surface area (Å²) in [6, 6.07) is 4.06. The number of fused-ring (bicyclic) bond motifs is 2. The third kappa shape index (κ3) is 1.42. The van der Waals surface area contributed by atoms with Crippen LogP contribution in [0.25, 0.3) is 10.9 Å². The average molecular weight is 218 g/mol. The van der Waals surface area contributed by atoms with Gasteiger partial charge in [-0.3, -0.25) is 0 Å². The van der Waals surface area contributed by atoms with Crippen LogP contribution in [-0.4, -0.2) is 25.4 Å². The molecule has 2 aromatic rings. The zero-order valence-electron chi connectivity index (χ0n) is 9.17. The SMILES string of the molecule is CNCCc1c[nH]c2cc3c(cc12)OCO3. The van der Waals surface area contributed by atoms with Crippen LogP contribution in [0.2, 0.25) is 0 Å². The topological polar surface area (TPSA) is 46.3 Å². The molecule has 0 saturated carbocycles. The van der Waals surface area contributed by atoms with E-state index in [2.05, 4.69) is 22.6 Å². The molecule has 1 aromatic carbocycles. The van der Waals surface area contributed by atoms with Crippen LogP contribution >= 0.6 is 0 Å². The largest absolute Gasteiger partial charge is 0.454 e. The van der Waals surface area contributed by atoms with Crippen molar-refractivity contribution < 1.29 is 9.47 Å². The number of ether oxygens (including phenoxy) is 2. The van der Waals surface area contributed by atoms with Crippen molar-refractivity contribution in [3.8, 4) is 11.5 Å². The van der Waals surface area contributed by atoms with Crippen LogP contribution in [0.4, 0.5) is 0 Å². The lowest BCUT2D eigenvalue weighted by molar-refractivity contribution is 0.174. The van der Waals surface area contributed by atoms with Gasteiger partial charge in [0.05, 0.1) is 0 Å². The van der Waals surface area contributed by atoms with E-state index in [1.54, 1.807) is 0 Å². The molecular weight excluding hydrogens is 204 g/mol. The van der Waals surface area contributed by atoms with Gasteiger partial charge in [-0.05, 0) is 31.6 Å². The Bertz CT molecular complexity index is 519. The second-order valence-electron chi connectivity index (χ2n) is 3.92. The molecule has 0 atom stereocenters. The van der Waals surface area contributed by atoms with Gasteiger partial charge in [0.15, 0.2) is 11.5 Å². The number of likely N-dealkylation sites (N-methyl/N-ethyl adjacent to an activating group) is 1. The molecule has 84 valence electrons. The minimum Gasteiger partial charge on any atom is -0.454 e. The smallest absolute Gasteiger partial charge is 0.231 e. The number of benzene rings is 1. The van der Waals surface area contributed by atoms with Crippen LogP contribution in [-0.2, 0) is 6.42 Å². The lowest BCUT2D eigenvalue weighted by Crippen LogP contribution is -2.09. The van der Waals surface area contributed by atoms with E-state index in [0.717, 1.165) is 30.0 Å². The molecule has 1 aliphatic rings. The number of aromatic amines is 1. The summed E-state index contributed by atoms with van der Waals surface area (Å²) in [6.07, 6.45) is 3.06. The van der Waals surface area contributed by atoms with E-state index in [-0.39, 0.29) is 0 Å². The summed E-state index contributed by atoms with van der Waals surface area (Å²) in [5.74, 6) is 1.67. The molecule has 0 spiro atoms. The van der Waals surface area contributed by atoms with Gasteiger partial charge in [-0.1, -0.05) is 0 Å². The van der Waals surface area contributed by atoms with Crippen molar-refractivity contribution in [1.82, 2.24) is 10.3 Å². The summed E-state index contributed by atoms with van der Waals surface area (Å²) in [7, 11) is 1.96. The molecule has 0 saturated heterocycles. The third-order valence-corrected chi connectivity index (χ3v) is 2.90. The van der Waals surface area contributed by atoms with Crippen LogP contribution in [0, 0.1) is 0 Å². The van der Waals surface area contributed by atoms with E-state index in [4.69, 9.17) is 9.47 Å². The fourth-order valence-corrected chi connectivity index (χ4v) is 2.04. The monoisotopic (exact) mass is 218 g/mol. The van der Waals surface area contributed by atoms with Gasteiger partial charge in [0, 0.05) is 23.2 Å². The van der Waals surface area contributed by atoms with Crippen molar-refractivity contribution in [1.29, 1.82) is 0 Å². The first kappa shape index (κ1) is 9.54. The number of rotatable bonds is 3. The summed E-state index contributed by atoms with van der Waals surface area (Å²) in [6.45, 7) is 1.30. The highest BCUT2D eigenvalue weighted by molar-refractivity contribution is 5.86. The Balaban J connectivity index is 2.05. The van der Waals surface area contributed by atoms with E-state index in [1.165, 1.54) is 10.9 Å². The quantitative estimate of drug-likeness (QED) is 0.823.